The minimum absolute atomic E-state index is 0.0788. The molecule has 1 aromatic heterocycles. The highest BCUT2D eigenvalue weighted by Gasteiger charge is 2.09. The van der Waals surface area contributed by atoms with Crippen LogP contribution in [0.25, 0.3) is 0 Å². The first-order valence-corrected chi connectivity index (χ1v) is 5.17. The Kier molecular flexibility index (Phi) is 5.34. The summed E-state index contributed by atoms with van der Waals surface area (Å²) in [4.78, 5) is 4.18. The van der Waals surface area contributed by atoms with Crippen molar-refractivity contribution in [2.75, 3.05) is 19.8 Å². The number of alkyl halides is 2. The van der Waals surface area contributed by atoms with Crippen molar-refractivity contribution in [1.29, 1.82) is 0 Å². The van der Waals surface area contributed by atoms with Crippen LogP contribution in [0, 0.1) is 0 Å². The molecule has 0 radical (unpaired) electrons. The van der Waals surface area contributed by atoms with Gasteiger partial charge in [-0.25, -0.2) is 13.8 Å². The van der Waals surface area contributed by atoms with Crippen molar-refractivity contribution < 1.29 is 13.5 Å². The first-order chi connectivity index (χ1) is 7.61. The summed E-state index contributed by atoms with van der Waals surface area (Å²) in [5.41, 5.74) is 0. The van der Waals surface area contributed by atoms with Crippen LogP contribution in [0.1, 0.15) is 18.8 Å². The van der Waals surface area contributed by atoms with Gasteiger partial charge in [-0.05, 0) is 6.92 Å². The molecule has 0 spiro atoms. The Morgan fingerprint density at radius 3 is 2.88 bits per heavy atom. The standard InChI is InChI=1S/C10H17F2N3O/c1-8(10-14-3-5-15(10)2)13-4-6-16-7-9(11)12/h3,5,8-9,13H,4,6-7H2,1-2H3. The van der Waals surface area contributed by atoms with Gasteiger partial charge in [0, 0.05) is 26.0 Å². The molecule has 0 fully saturated rings. The normalized spacial score (nSPS) is 13.3. The topological polar surface area (TPSA) is 39.1 Å². The monoisotopic (exact) mass is 233 g/mol. The summed E-state index contributed by atoms with van der Waals surface area (Å²) in [6.45, 7) is 2.27. The van der Waals surface area contributed by atoms with Crippen LogP contribution in [-0.4, -0.2) is 35.7 Å². The molecule has 0 aliphatic rings. The van der Waals surface area contributed by atoms with Gasteiger partial charge in [-0.1, -0.05) is 0 Å². The second kappa shape index (κ2) is 6.55. The summed E-state index contributed by atoms with van der Waals surface area (Å²) in [6.07, 6.45) is 1.19. The highest BCUT2D eigenvalue weighted by molar-refractivity contribution is 4.96. The van der Waals surface area contributed by atoms with Crippen molar-refractivity contribution in [3.8, 4) is 0 Å². The van der Waals surface area contributed by atoms with E-state index < -0.39 is 13.0 Å². The Bertz CT molecular complexity index is 304. The summed E-state index contributed by atoms with van der Waals surface area (Å²) in [5.74, 6) is 0.911. The summed E-state index contributed by atoms with van der Waals surface area (Å²) < 4.78 is 30.1. The second-order valence-electron chi connectivity index (χ2n) is 3.54. The SMILES string of the molecule is CC(NCCOCC(F)F)c1nccn1C. The Balaban J connectivity index is 2.16. The third-order valence-corrected chi connectivity index (χ3v) is 2.19. The van der Waals surface area contributed by atoms with Gasteiger partial charge in [0.05, 0.1) is 12.6 Å². The van der Waals surface area contributed by atoms with Crippen molar-refractivity contribution in [1.82, 2.24) is 14.9 Å². The lowest BCUT2D eigenvalue weighted by atomic mass is 10.3. The second-order valence-corrected chi connectivity index (χ2v) is 3.54. The Hall–Kier alpha value is -1.01. The van der Waals surface area contributed by atoms with Gasteiger partial charge >= 0.3 is 0 Å². The van der Waals surface area contributed by atoms with E-state index >= 15 is 0 Å². The largest absolute Gasteiger partial charge is 0.374 e. The molecule has 4 nitrogen and oxygen atoms in total. The van der Waals surface area contributed by atoms with E-state index in [1.54, 1.807) is 6.20 Å². The maximum Gasteiger partial charge on any atom is 0.261 e. The van der Waals surface area contributed by atoms with E-state index in [1.165, 1.54) is 0 Å². The van der Waals surface area contributed by atoms with E-state index in [0.29, 0.717) is 6.54 Å². The quantitative estimate of drug-likeness (QED) is 0.723. The van der Waals surface area contributed by atoms with Gasteiger partial charge in [0.25, 0.3) is 6.43 Å². The molecule has 1 heterocycles. The van der Waals surface area contributed by atoms with Gasteiger partial charge in [0.2, 0.25) is 0 Å². The minimum atomic E-state index is -2.40. The number of nitrogens with zero attached hydrogens (tertiary/aromatic N) is 2. The van der Waals surface area contributed by atoms with Gasteiger partial charge < -0.3 is 14.6 Å². The highest BCUT2D eigenvalue weighted by Crippen LogP contribution is 2.07. The molecule has 1 unspecified atom stereocenters. The number of hydrogen-bond donors (Lipinski definition) is 1. The molecule has 0 aliphatic carbocycles. The average molecular weight is 233 g/mol. The molecule has 0 amide bonds. The maximum atomic E-state index is 11.7. The Morgan fingerprint density at radius 1 is 1.56 bits per heavy atom. The number of imidazole rings is 1. The molecule has 0 saturated carbocycles. The van der Waals surface area contributed by atoms with Crippen molar-refractivity contribution in [2.45, 2.75) is 19.4 Å². The van der Waals surface area contributed by atoms with Crippen LogP contribution in [0.2, 0.25) is 0 Å². The molecule has 1 rings (SSSR count). The summed E-state index contributed by atoms with van der Waals surface area (Å²) in [5, 5.41) is 3.15. The Morgan fingerprint density at radius 2 is 2.31 bits per heavy atom. The number of ether oxygens (including phenoxy) is 1. The summed E-state index contributed by atoms with van der Waals surface area (Å²) in [6, 6.07) is 0.0788. The number of halogens is 2. The fourth-order valence-electron chi connectivity index (χ4n) is 1.41. The van der Waals surface area contributed by atoms with Crippen molar-refractivity contribution in [3.05, 3.63) is 18.2 Å². The third-order valence-electron chi connectivity index (χ3n) is 2.19. The molecular weight excluding hydrogens is 216 g/mol. The van der Waals surface area contributed by atoms with E-state index in [1.807, 2.05) is 24.7 Å². The molecule has 0 bridgehead atoms. The number of hydrogen-bond acceptors (Lipinski definition) is 3. The van der Waals surface area contributed by atoms with Crippen LogP contribution in [-0.2, 0) is 11.8 Å². The lowest BCUT2D eigenvalue weighted by Crippen LogP contribution is -2.26. The first kappa shape index (κ1) is 13.1. The molecule has 1 atom stereocenters. The van der Waals surface area contributed by atoms with Gasteiger partial charge in [-0.15, -0.1) is 0 Å². The molecule has 92 valence electrons. The maximum absolute atomic E-state index is 11.7. The van der Waals surface area contributed by atoms with Crippen molar-refractivity contribution in [3.63, 3.8) is 0 Å². The van der Waals surface area contributed by atoms with Crippen molar-refractivity contribution >= 4 is 0 Å². The lowest BCUT2D eigenvalue weighted by Gasteiger charge is -2.13. The zero-order valence-electron chi connectivity index (χ0n) is 9.49. The number of nitrogens with one attached hydrogen (secondary N) is 1. The van der Waals surface area contributed by atoms with Gasteiger partial charge in [0.15, 0.2) is 0 Å². The fourth-order valence-corrected chi connectivity index (χ4v) is 1.41. The fraction of sp³-hybridized carbons (Fsp3) is 0.700. The molecule has 0 aliphatic heterocycles. The molecule has 1 N–H and O–H groups in total. The van der Waals surface area contributed by atoms with E-state index in [2.05, 4.69) is 10.3 Å². The van der Waals surface area contributed by atoms with Crippen LogP contribution < -0.4 is 5.32 Å². The van der Waals surface area contributed by atoms with E-state index in [4.69, 9.17) is 4.74 Å². The smallest absolute Gasteiger partial charge is 0.261 e. The number of aromatic nitrogens is 2. The highest BCUT2D eigenvalue weighted by atomic mass is 19.3. The van der Waals surface area contributed by atoms with Crippen LogP contribution in [0.15, 0.2) is 12.4 Å². The van der Waals surface area contributed by atoms with E-state index in [-0.39, 0.29) is 12.6 Å². The third kappa shape index (κ3) is 4.24. The van der Waals surface area contributed by atoms with E-state index in [9.17, 15) is 8.78 Å². The van der Waals surface area contributed by atoms with E-state index in [0.717, 1.165) is 5.82 Å². The van der Waals surface area contributed by atoms with Gasteiger partial charge in [-0.3, -0.25) is 0 Å². The number of aryl methyl sites for hydroxylation is 1. The van der Waals surface area contributed by atoms with Crippen LogP contribution >= 0.6 is 0 Å². The van der Waals surface area contributed by atoms with Crippen molar-refractivity contribution in [2.24, 2.45) is 7.05 Å². The molecule has 0 saturated heterocycles. The molecule has 1 aromatic rings. The average Bonchev–Trinajstić information content (AvgIpc) is 2.63. The predicted octanol–water partition coefficient (Wildman–Crippen LogP) is 1.35. The molecule has 16 heavy (non-hydrogen) atoms. The molecular formula is C10H17F2N3O. The predicted molar refractivity (Wildman–Crippen MR) is 56.4 cm³/mol. The summed E-state index contributed by atoms with van der Waals surface area (Å²) in [7, 11) is 1.91. The van der Waals surface area contributed by atoms with Crippen LogP contribution in [0.4, 0.5) is 8.78 Å². The van der Waals surface area contributed by atoms with Gasteiger partial charge in [0.1, 0.15) is 12.4 Å². The Labute approximate surface area is 93.6 Å². The summed E-state index contributed by atoms with van der Waals surface area (Å²) >= 11 is 0. The molecule has 6 heteroatoms. The number of rotatable bonds is 7. The molecule has 0 aromatic carbocycles. The zero-order chi connectivity index (χ0) is 12.0. The lowest BCUT2D eigenvalue weighted by molar-refractivity contribution is 0.0182. The zero-order valence-corrected chi connectivity index (χ0v) is 9.49. The first-order valence-electron chi connectivity index (χ1n) is 5.17. The minimum Gasteiger partial charge on any atom is -0.374 e. The van der Waals surface area contributed by atoms with Crippen LogP contribution in [0.3, 0.4) is 0 Å². The van der Waals surface area contributed by atoms with Gasteiger partial charge in [-0.2, -0.15) is 0 Å². The van der Waals surface area contributed by atoms with Crippen LogP contribution in [0.5, 0.6) is 0 Å².